The van der Waals surface area contributed by atoms with Gasteiger partial charge in [-0.25, -0.2) is 4.99 Å². The predicted molar refractivity (Wildman–Crippen MR) is 116 cm³/mol. The smallest absolute Gasteiger partial charge is 0.191 e. The van der Waals surface area contributed by atoms with Crippen molar-refractivity contribution in [3.8, 4) is 0 Å². The second-order valence-electron chi connectivity index (χ2n) is 6.92. The van der Waals surface area contributed by atoms with Crippen LogP contribution < -0.4 is 10.6 Å². The number of aryl methyl sites for hydroxylation is 1. The third-order valence-electron chi connectivity index (χ3n) is 4.79. The molecule has 2 aliphatic heterocycles. The molecule has 0 spiro atoms. The molecule has 1 fully saturated rings. The molecular formula is C18H33IN6O2. The van der Waals surface area contributed by atoms with Crippen LogP contribution in [0.2, 0.25) is 0 Å². The molecule has 0 aliphatic carbocycles. The highest BCUT2D eigenvalue weighted by atomic mass is 127. The quantitative estimate of drug-likeness (QED) is 0.237. The van der Waals surface area contributed by atoms with E-state index in [-0.39, 0.29) is 24.0 Å². The Morgan fingerprint density at radius 1 is 1.33 bits per heavy atom. The Hall–Kier alpha value is -0.940. The molecule has 3 rings (SSSR count). The van der Waals surface area contributed by atoms with Gasteiger partial charge in [0.1, 0.15) is 12.4 Å². The van der Waals surface area contributed by atoms with E-state index in [1.807, 2.05) is 0 Å². The molecule has 0 amide bonds. The van der Waals surface area contributed by atoms with Gasteiger partial charge in [0.15, 0.2) is 11.8 Å². The summed E-state index contributed by atoms with van der Waals surface area (Å²) in [5.41, 5.74) is 0. The number of nitrogens with one attached hydrogen (secondary N) is 2. The van der Waals surface area contributed by atoms with Crippen LogP contribution in [0.3, 0.4) is 0 Å². The van der Waals surface area contributed by atoms with Crippen LogP contribution in [0.1, 0.15) is 44.3 Å². The lowest BCUT2D eigenvalue weighted by Gasteiger charge is -2.15. The van der Waals surface area contributed by atoms with Gasteiger partial charge in [0.05, 0.1) is 13.2 Å². The summed E-state index contributed by atoms with van der Waals surface area (Å²) >= 11 is 0. The molecule has 8 nitrogen and oxygen atoms in total. The molecule has 1 aromatic rings. The van der Waals surface area contributed by atoms with Crippen LogP contribution in [-0.2, 0) is 29.0 Å². The van der Waals surface area contributed by atoms with Gasteiger partial charge in [0.25, 0.3) is 0 Å². The van der Waals surface area contributed by atoms with Gasteiger partial charge in [0, 0.05) is 45.2 Å². The molecule has 2 aliphatic rings. The van der Waals surface area contributed by atoms with E-state index in [2.05, 4.69) is 37.3 Å². The molecule has 0 saturated carbocycles. The lowest BCUT2D eigenvalue weighted by molar-refractivity contribution is 0.0888. The van der Waals surface area contributed by atoms with Crippen LogP contribution in [-0.4, -0.2) is 60.2 Å². The second kappa shape index (κ2) is 12.5. The number of fused-ring (bicyclic) bond motifs is 1. The molecule has 1 aromatic heterocycles. The van der Waals surface area contributed by atoms with E-state index in [1.54, 1.807) is 0 Å². The Labute approximate surface area is 178 Å². The van der Waals surface area contributed by atoms with Crippen molar-refractivity contribution in [2.24, 2.45) is 10.9 Å². The minimum absolute atomic E-state index is 0. The third-order valence-corrected chi connectivity index (χ3v) is 4.79. The lowest BCUT2D eigenvalue weighted by Crippen LogP contribution is -2.38. The highest BCUT2D eigenvalue weighted by Gasteiger charge is 2.16. The second-order valence-corrected chi connectivity index (χ2v) is 6.92. The summed E-state index contributed by atoms with van der Waals surface area (Å²) in [4.78, 5) is 4.66. The van der Waals surface area contributed by atoms with Gasteiger partial charge >= 0.3 is 0 Å². The molecule has 27 heavy (non-hydrogen) atoms. The summed E-state index contributed by atoms with van der Waals surface area (Å²) in [5, 5.41) is 15.2. The maximum Gasteiger partial charge on any atom is 0.191 e. The minimum atomic E-state index is 0. The van der Waals surface area contributed by atoms with Crippen molar-refractivity contribution in [1.29, 1.82) is 0 Å². The maximum atomic E-state index is 5.74. The Kier molecular flexibility index (Phi) is 10.4. The number of hydrogen-bond acceptors (Lipinski definition) is 5. The zero-order chi connectivity index (χ0) is 18.0. The van der Waals surface area contributed by atoms with Gasteiger partial charge in [0.2, 0.25) is 0 Å². The fourth-order valence-corrected chi connectivity index (χ4v) is 3.32. The highest BCUT2D eigenvalue weighted by Crippen LogP contribution is 2.14. The first-order chi connectivity index (χ1) is 12.9. The van der Waals surface area contributed by atoms with Gasteiger partial charge < -0.3 is 24.7 Å². The number of aliphatic imine (C=N–C) groups is 1. The van der Waals surface area contributed by atoms with Crippen LogP contribution in [0, 0.1) is 5.92 Å². The summed E-state index contributed by atoms with van der Waals surface area (Å²) in [6.07, 6.45) is 5.52. The summed E-state index contributed by atoms with van der Waals surface area (Å²) in [6, 6.07) is 0. The van der Waals surface area contributed by atoms with Crippen molar-refractivity contribution in [1.82, 2.24) is 25.4 Å². The Bertz CT molecular complexity index is 574. The first-order valence-electron chi connectivity index (χ1n) is 9.95. The molecule has 0 radical (unpaired) electrons. The molecule has 1 unspecified atom stereocenters. The average Bonchev–Trinajstić information content (AvgIpc) is 3.32. The number of nitrogens with zero attached hydrogens (tertiary/aromatic N) is 4. The number of guanidine groups is 1. The summed E-state index contributed by atoms with van der Waals surface area (Å²) in [7, 11) is 0. The van der Waals surface area contributed by atoms with E-state index in [0.29, 0.717) is 12.5 Å². The van der Waals surface area contributed by atoms with Crippen molar-refractivity contribution in [2.45, 2.75) is 52.1 Å². The predicted octanol–water partition coefficient (Wildman–Crippen LogP) is 1.73. The average molecular weight is 492 g/mol. The van der Waals surface area contributed by atoms with Crippen molar-refractivity contribution < 1.29 is 9.47 Å². The first kappa shape index (κ1) is 22.4. The van der Waals surface area contributed by atoms with Crippen LogP contribution in [0.4, 0.5) is 0 Å². The van der Waals surface area contributed by atoms with Crippen LogP contribution >= 0.6 is 24.0 Å². The lowest BCUT2D eigenvalue weighted by atomic mass is 10.1. The Balaban J connectivity index is 0.00000261. The molecule has 2 N–H and O–H groups in total. The molecule has 9 heteroatoms. The molecule has 0 bridgehead atoms. The number of hydrogen-bond donors (Lipinski definition) is 2. The van der Waals surface area contributed by atoms with Gasteiger partial charge in [-0.2, -0.15) is 0 Å². The fraction of sp³-hybridized carbons (Fsp3) is 0.833. The number of ether oxygens (including phenoxy) is 2. The van der Waals surface area contributed by atoms with Crippen LogP contribution in [0.25, 0.3) is 0 Å². The van der Waals surface area contributed by atoms with Gasteiger partial charge in [-0.1, -0.05) is 0 Å². The molecule has 1 atom stereocenters. The largest absolute Gasteiger partial charge is 0.381 e. The summed E-state index contributed by atoms with van der Waals surface area (Å²) in [5.74, 6) is 3.46. The fourth-order valence-electron chi connectivity index (χ4n) is 3.32. The first-order valence-corrected chi connectivity index (χ1v) is 9.95. The van der Waals surface area contributed by atoms with E-state index in [9.17, 15) is 0 Å². The maximum absolute atomic E-state index is 5.74. The topological polar surface area (TPSA) is 85.6 Å². The van der Waals surface area contributed by atoms with Crippen molar-refractivity contribution >= 4 is 29.9 Å². The van der Waals surface area contributed by atoms with Crippen LogP contribution in [0.5, 0.6) is 0 Å². The van der Waals surface area contributed by atoms with Gasteiger partial charge in [-0.15, -0.1) is 34.2 Å². The molecule has 154 valence electrons. The van der Waals surface area contributed by atoms with Crippen molar-refractivity contribution in [3.05, 3.63) is 11.6 Å². The van der Waals surface area contributed by atoms with E-state index >= 15 is 0 Å². The Morgan fingerprint density at radius 3 is 3.07 bits per heavy atom. The number of halogens is 1. The van der Waals surface area contributed by atoms with Crippen molar-refractivity contribution in [3.63, 3.8) is 0 Å². The van der Waals surface area contributed by atoms with Gasteiger partial charge in [-0.3, -0.25) is 0 Å². The SMILES string of the molecule is CCNC(=NCc1nnc2n1CCCC2)NCCCOCC1CCOC1.I. The van der Waals surface area contributed by atoms with E-state index in [4.69, 9.17) is 9.47 Å². The number of rotatable bonds is 9. The standard InChI is InChI=1S/C18H32N6O2.HI/c1-2-19-18(20-8-5-10-25-13-15-7-11-26-14-15)21-12-17-23-22-16-6-3-4-9-24(16)17;/h15H,2-14H2,1H3,(H2,19,20,21);1H. The molecule has 0 aromatic carbocycles. The zero-order valence-corrected chi connectivity index (χ0v) is 18.6. The monoisotopic (exact) mass is 492 g/mol. The number of aromatic nitrogens is 3. The van der Waals surface area contributed by atoms with Crippen molar-refractivity contribution in [2.75, 3.05) is 39.5 Å². The highest BCUT2D eigenvalue weighted by molar-refractivity contribution is 14.0. The Morgan fingerprint density at radius 2 is 2.26 bits per heavy atom. The summed E-state index contributed by atoms with van der Waals surface area (Å²) in [6.45, 7) is 8.62. The normalized spacial score (nSPS) is 19.4. The zero-order valence-electron chi connectivity index (χ0n) is 16.3. The van der Waals surface area contributed by atoms with E-state index in [1.165, 1.54) is 12.8 Å². The molecule has 3 heterocycles. The third kappa shape index (κ3) is 7.19. The summed E-state index contributed by atoms with van der Waals surface area (Å²) < 4.78 is 13.3. The molecular weight excluding hydrogens is 459 g/mol. The van der Waals surface area contributed by atoms with Crippen LogP contribution in [0.15, 0.2) is 4.99 Å². The van der Waals surface area contributed by atoms with Gasteiger partial charge in [-0.05, 0) is 32.6 Å². The van der Waals surface area contributed by atoms with E-state index < -0.39 is 0 Å². The minimum Gasteiger partial charge on any atom is -0.381 e. The van der Waals surface area contributed by atoms with E-state index in [0.717, 1.165) is 82.9 Å². The molecule has 1 saturated heterocycles.